The Bertz CT molecular complexity index is 495. The molecule has 0 aliphatic carbocycles. The maximum Gasteiger partial charge on any atom is 0.142 e. The van der Waals surface area contributed by atoms with Gasteiger partial charge in [0.25, 0.3) is 0 Å². The minimum atomic E-state index is -3.38. The van der Waals surface area contributed by atoms with E-state index in [-0.39, 0.29) is 5.82 Å². The highest BCUT2D eigenvalue weighted by atomic mass is 14.9. The molecule has 0 spiro atoms. The molecule has 1 aromatic heterocycles. The number of rotatable bonds is 2. The van der Waals surface area contributed by atoms with Crippen LogP contribution in [0.25, 0.3) is 0 Å². The Balaban J connectivity index is 3.63. The van der Waals surface area contributed by atoms with E-state index in [1.807, 2.05) is 0 Å². The maximum atomic E-state index is 8.01. The summed E-state index contributed by atoms with van der Waals surface area (Å²) >= 11 is 0. The van der Waals surface area contributed by atoms with Crippen LogP contribution in [0.4, 0.5) is 5.82 Å². The number of anilines is 1. The molecule has 0 amide bonds. The molecule has 1 aromatic rings. The smallest absolute Gasteiger partial charge is 0.142 e. The topological polar surface area (TPSA) is 51.8 Å². The van der Waals surface area contributed by atoms with Crippen molar-refractivity contribution in [3.05, 3.63) is 18.1 Å². The minimum absolute atomic E-state index is 0.232. The van der Waals surface area contributed by atoms with Gasteiger partial charge in [-0.05, 0) is 12.3 Å². The fourth-order valence-electron chi connectivity index (χ4n) is 0.566. The molecule has 0 saturated heterocycles. The third kappa shape index (κ3) is 1.90. The van der Waals surface area contributed by atoms with Crippen molar-refractivity contribution in [1.29, 1.82) is 0 Å². The standard InChI is InChI=1S/C8H13N3/c1-3-6(2)7-4-10-5-8(9)11-7/h4-6H,3H2,1-2H3,(H2,9,11)/i1D3,2D3,3D2,6D. The largest absolute Gasteiger partial charge is 0.382 e. The number of nitrogens with zero attached hydrogens (tertiary/aromatic N) is 2. The van der Waals surface area contributed by atoms with Gasteiger partial charge in [0.2, 0.25) is 0 Å². The van der Waals surface area contributed by atoms with Crippen molar-refractivity contribution in [2.24, 2.45) is 0 Å². The van der Waals surface area contributed by atoms with Gasteiger partial charge in [0.05, 0.1) is 11.9 Å². The van der Waals surface area contributed by atoms with Crippen molar-refractivity contribution in [2.75, 3.05) is 5.73 Å². The van der Waals surface area contributed by atoms with Crippen molar-refractivity contribution in [2.45, 2.75) is 26.0 Å². The molecule has 3 nitrogen and oxygen atoms in total. The molecule has 1 atom stereocenters. The molecule has 1 rings (SSSR count). The first-order valence-corrected chi connectivity index (χ1v) is 2.83. The van der Waals surface area contributed by atoms with E-state index in [4.69, 9.17) is 18.1 Å². The maximum absolute atomic E-state index is 8.01. The highest BCUT2D eigenvalue weighted by Gasteiger charge is 2.03. The summed E-state index contributed by atoms with van der Waals surface area (Å²) < 4.78 is 67.0. The predicted molar refractivity (Wildman–Crippen MR) is 45.2 cm³/mol. The number of aromatic nitrogens is 2. The van der Waals surface area contributed by atoms with Gasteiger partial charge < -0.3 is 5.73 Å². The van der Waals surface area contributed by atoms with Crippen LogP contribution in [0.3, 0.4) is 0 Å². The Morgan fingerprint density at radius 1 is 1.91 bits per heavy atom. The summed E-state index contributed by atoms with van der Waals surface area (Å²) in [5.41, 5.74) is 4.69. The molecule has 0 aliphatic rings. The number of nitrogen functional groups attached to an aromatic ring is 1. The minimum Gasteiger partial charge on any atom is -0.382 e. The van der Waals surface area contributed by atoms with E-state index in [1.165, 1.54) is 0 Å². The third-order valence-corrected chi connectivity index (χ3v) is 1.03. The Hall–Kier alpha value is -1.12. The molecular weight excluding hydrogens is 138 g/mol. The van der Waals surface area contributed by atoms with Crippen LogP contribution >= 0.6 is 0 Å². The van der Waals surface area contributed by atoms with Gasteiger partial charge >= 0.3 is 0 Å². The Morgan fingerprint density at radius 2 is 2.82 bits per heavy atom. The molecule has 0 aliphatic heterocycles. The van der Waals surface area contributed by atoms with Crippen LogP contribution < -0.4 is 5.73 Å². The van der Waals surface area contributed by atoms with E-state index in [0.717, 1.165) is 12.4 Å². The molecular formula is C8H13N3. The van der Waals surface area contributed by atoms with E-state index in [1.54, 1.807) is 0 Å². The van der Waals surface area contributed by atoms with Gasteiger partial charge in [-0.2, -0.15) is 0 Å². The monoisotopic (exact) mass is 160 g/mol. The van der Waals surface area contributed by atoms with Crippen LogP contribution in [-0.4, -0.2) is 9.97 Å². The van der Waals surface area contributed by atoms with Gasteiger partial charge in [0.15, 0.2) is 0 Å². The fraction of sp³-hybridized carbons (Fsp3) is 0.500. The third-order valence-electron chi connectivity index (χ3n) is 1.03. The summed E-state index contributed by atoms with van der Waals surface area (Å²) in [6.07, 6.45) is -1.47. The van der Waals surface area contributed by atoms with Crippen molar-refractivity contribution in [3.8, 4) is 0 Å². The Labute approximate surface area is 79.3 Å². The molecule has 11 heavy (non-hydrogen) atoms. The SMILES string of the molecule is [2H]C([2H])([2H])C([2H])([2H])C([2H])(c1cncc(N)n1)C([2H])([2H])[2H]. The van der Waals surface area contributed by atoms with Crippen LogP contribution in [0.5, 0.6) is 0 Å². The van der Waals surface area contributed by atoms with E-state index >= 15 is 0 Å². The normalized spacial score (nSPS) is 31.5. The molecule has 1 unspecified atom stereocenters. The molecule has 0 saturated carbocycles. The fourth-order valence-corrected chi connectivity index (χ4v) is 0.566. The summed E-state index contributed by atoms with van der Waals surface area (Å²) in [7, 11) is 0. The first-order chi connectivity index (χ1) is 8.75. The highest BCUT2D eigenvalue weighted by Crippen LogP contribution is 2.15. The zero-order valence-electron chi connectivity index (χ0n) is 14.6. The molecule has 1 heterocycles. The van der Waals surface area contributed by atoms with Crippen LogP contribution in [-0.2, 0) is 0 Å². The quantitative estimate of drug-likeness (QED) is 0.714. The van der Waals surface area contributed by atoms with Crippen LogP contribution in [0.15, 0.2) is 12.4 Å². The summed E-state index contributed by atoms with van der Waals surface area (Å²) in [4.78, 5) is 7.12. The van der Waals surface area contributed by atoms with Gasteiger partial charge in [-0.1, -0.05) is 13.7 Å². The van der Waals surface area contributed by atoms with Gasteiger partial charge in [-0.3, -0.25) is 4.98 Å². The number of hydrogen-bond acceptors (Lipinski definition) is 3. The Kier molecular flexibility index (Phi) is 0.660. The lowest BCUT2D eigenvalue weighted by molar-refractivity contribution is 0.704. The molecule has 0 radical (unpaired) electrons. The summed E-state index contributed by atoms with van der Waals surface area (Å²) in [6, 6.07) is 0. The van der Waals surface area contributed by atoms with E-state index in [9.17, 15) is 0 Å². The molecule has 3 heteroatoms. The molecule has 0 bridgehead atoms. The van der Waals surface area contributed by atoms with Crippen LogP contribution in [0.2, 0.25) is 0 Å². The van der Waals surface area contributed by atoms with Crippen molar-refractivity contribution >= 4 is 5.82 Å². The summed E-state index contributed by atoms with van der Waals surface area (Å²) in [5.74, 6) is -3.36. The Morgan fingerprint density at radius 3 is 3.45 bits per heavy atom. The van der Waals surface area contributed by atoms with Crippen molar-refractivity contribution in [1.82, 2.24) is 9.97 Å². The second-order valence-electron chi connectivity index (χ2n) is 1.83. The summed E-state index contributed by atoms with van der Waals surface area (Å²) in [6.45, 7) is -6.62. The molecule has 0 fully saturated rings. The highest BCUT2D eigenvalue weighted by molar-refractivity contribution is 5.24. The molecule has 0 aromatic carbocycles. The van der Waals surface area contributed by atoms with Gasteiger partial charge in [0.1, 0.15) is 5.82 Å². The molecule has 2 N–H and O–H groups in total. The van der Waals surface area contributed by atoms with E-state index < -0.39 is 31.7 Å². The average Bonchev–Trinajstić information content (AvgIpc) is 2.24. The lowest BCUT2D eigenvalue weighted by atomic mass is 10.1. The van der Waals surface area contributed by atoms with Gasteiger partial charge in [-0.15, -0.1) is 0 Å². The van der Waals surface area contributed by atoms with E-state index in [0.29, 0.717) is 0 Å². The lowest BCUT2D eigenvalue weighted by Crippen LogP contribution is -2.00. The first kappa shape index (κ1) is 2.19. The van der Waals surface area contributed by atoms with Crippen LogP contribution in [0, 0.1) is 0 Å². The van der Waals surface area contributed by atoms with Gasteiger partial charge in [-0.25, -0.2) is 4.98 Å². The average molecular weight is 160 g/mol. The first-order valence-electron chi connectivity index (χ1n) is 7.33. The van der Waals surface area contributed by atoms with Gasteiger partial charge in [0, 0.05) is 18.5 Å². The zero-order chi connectivity index (χ0) is 16.0. The van der Waals surface area contributed by atoms with Crippen molar-refractivity contribution < 1.29 is 12.3 Å². The summed E-state index contributed by atoms with van der Waals surface area (Å²) in [5, 5.41) is 0. The van der Waals surface area contributed by atoms with Crippen molar-refractivity contribution in [3.63, 3.8) is 0 Å². The predicted octanol–water partition coefficient (Wildman–Crippen LogP) is 1.57. The zero-order valence-corrected chi connectivity index (χ0v) is 5.63. The second kappa shape index (κ2) is 3.32. The number of hydrogen-bond donors (Lipinski definition) is 1. The molecule has 60 valence electrons. The van der Waals surface area contributed by atoms with Crippen LogP contribution in [0.1, 0.15) is 44.0 Å². The second-order valence-corrected chi connectivity index (χ2v) is 1.83. The number of nitrogens with two attached hydrogens (primary N) is 1. The van der Waals surface area contributed by atoms with E-state index in [2.05, 4.69) is 9.97 Å². The lowest BCUT2D eigenvalue weighted by Gasteiger charge is -2.06.